The molecule has 0 unspecified atom stereocenters. The van der Waals surface area contributed by atoms with Crippen molar-refractivity contribution in [3.8, 4) is 5.75 Å². The van der Waals surface area contributed by atoms with Gasteiger partial charge in [0.25, 0.3) is 5.56 Å². The van der Waals surface area contributed by atoms with Gasteiger partial charge in [-0.1, -0.05) is 38.8 Å². The summed E-state index contributed by atoms with van der Waals surface area (Å²) in [6.07, 6.45) is 3.69. The second-order valence-corrected chi connectivity index (χ2v) is 9.65. The number of nitrogens with one attached hydrogen (secondary N) is 1. The molecule has 1 saturated carbocycles. The molecule has 34 heavy (non-hydrogen) atoms. The minimum atomic E-state index is -0.480. The molecule has 9 nitrogen and oxygen atoms in total. The van der Waals surface area contributed by atoms with Crippen LogP contribution in [0.4, 0.5) is 5.95 Å². The van der Waals surface area contributed by atoms with Gasteiger partial charge in [-0.05, 0) is 43.4 Å². The van der Waals surface area contributed by atoms with Crippen molar-refractivity contribution in [1.82, 2.24) is 18.7 Å². The summed E-state index contributed by atoms with van der Waals surface area (Å²) in [6.45, 7) is 6.98. The van der Waals surface area contributed by atoms with Crippen LogP contribution in [0.5, 0.6) is 5.75 Å². The molecular formula is C25H35N5O4. The molecule has 4 rings (SSSR count). The molecular weight excluding hydrogens is 434 g/mol. The second-order valence-electron chi connectivity index (χ2n) is 9.65. The van der Waals surface area contributed by atoms with Crippen molar-refractivity contribution >= 4 is 17.1 Å². The number of nitrogens with zero attached hydrogens (tertiary/aromatic N) is 4. The summed E-state index contributed by atoms with van der Waals surface area (Å²) in [6, 6.07) is 7.67. The van der Waals surface area contributed by atoms with E-state index in [-0.39, 0.29) is 30.3 Å². The largest absolute Gasteiger partial charge is 0.497 e. The highest BCUT2D eigenvalue weighted by molar-refractivity contribution is 5.75. The number of rotatable bonds is 9. The van der Waals surface area contributed by atoms with Crippen molar-refractivity contribution in [3.63, 3.8) is 0 Å². The number of aliphatic hydroxyl groups is 1. The lowest BCUT2D eigenvalue weighted by atomic mass is 9.99. The minimum absolute atomic E-state index is 0.0171. The Morgan fingerprint density at radius 3 is 2.35 bits per heavy atom. The quantitative estimate of drug-likeness (QED) is 0.500. The summed E-state index contributed by atoms with van der Waals surface area (Å²) in [5.41, 5.74) is 0.582. The molecule has 0 bridgehead atoms. The molecule has 1 aliphatic carbocycles. The molecule has 184 valence electrons. The van der Waals surface area contributed by atoms with Crippen LogP contribution in [-0.4, -0.2) is 43.0 Å². The molecule has 0 aliphatic heterocycles. The van der Waals surface area contributed by atoms with Gasteiger partial charge in [-0.25, -0.2) is 4.79 Å². The highest BCUT2D eigenvalue weighted by atomic mass is 16.5. The Morgan fingerprint density at radius 1 is 1.12 bits per heavy atom. The van der Waals surface area contributed by atoms with Gasteiger partial charge >= 0.3 is 5.69 Å². The molecule has 0 spiro atoms. The molecule has 2 heterocycles. The fourth-order valence-corrected chi connectivity index (χ4v) is 4.87. The van der Waals surface area contributed by atoms with E-state index in [0.29, 0.717) is 30.2 Å². The standard InChI is InChI=1S/C25H35N5O4/c1-5-28-22(32)20-21(30(24(28)33)14-17(2)3)26-23(27-25(16-31)12-6-7-13-25)29(20)15-18-8-10-19(34-4)11-9-18/h8-11,17,31H,5-7,12-16H2,1-4H3,(H,26,27). The molecule has 0 amide bonds. The Morgan fingerprint density at radius 2 is 1.79 bits per heavy atom. The van der Waals surface area contributed by atoms with Crippen molar-refractivity contribution in [3.05, 3.63) is 50.7 Å². The van der Waals surface area contributed by atoms with E-state index in [1.54, 1.807) is 18.6 Å². The summed E-state index contributed by atoms with van der Waals surface area (Å²) in [5, 5.41) is 13.7. The zero-order chi connectivity index (χ0) is 24.5. The molecule has 9 heteroatoms. The SMILES string of the molecule is CCn1c(=O)c2c(nc(NC3(CO)CCCC3)n2Cc2ccc(OC)cc2)n(CC(C)C)c1=O. The molecule has 2 aromatic heterocycles. The van der Waals surface area contributed by atoms with Gasteiger partial charge in [0.1, 0.15) is 5.75 Å². The van der Waals surface area contributed by atoms with Gasteiger partial charge in [-0.3, -0.25) is 18.5 Å². The number of ether oxygens (including phenoxy) is 1. The Kier molecular flexibility index (Phi) is 6.84. The number of methoxy groups -OCH3 is 1. The number of benzene rings is 1. The van der Waals surface area contributed by atoms with Crippen LogP contribution in [0, 0.1) is 5.92 Å². The average molecular weight is 470 g/mol. The van der Waals surface area contributed by atoms with Gasteiger partial charge in [0, 0.05) is 13.1 Å². The third-order valence-electron chi connectivity index (χ3n) is 6.72. The lowest BCUT2D eigenvalue weighted by Gasteiger charge is -2.28. The van der Waals surface area contributed by atoms with E-state index in [9.17, 15) is 14.7 Å². The Hall–Kier alpha value is -3.07. The fraction of sp³-hybridized carbons (Fsp3) is 0.560. The van der Waals surface area contributed by atoms with Gasteiger partial charge in [0.15, 0.2) is 11.2 Å². The van der Waals surface area contributed by atoms with Gasteiger partial charge < -0.3 is 15.2 Å². The van der Waals surface area contributed by atoms with Gasteiger partial charge in [-0.2, -0.15) is 4.98 Å². The molecule has 0 radical (unpaired) electrons. The number of hydrogen-bond donors (Lipinski definition) is 2. The molecule has 2 N–H and O–H groups in total. The van der Waals surface area contributed by atoms with E-state index < -0.39 is 5.54 Å². The van der Waals surface area contributed by atoms with Gasteiger partial charge in [0.2, 0.25) is 5.95 Å². The topological polar surface area (TPSA) is 103 Å². The van der Waals surface area contributed by atoms with E-state index in [1.807, 2.05) is 42.7 Å². The van der Waals surface area contributed by atoms with Crippen LogP contribution in [-0.2, 0) is 19.6 Å². The summed E-state index contributed by atoms with van der Waals surface area (Å²) < 4.78 is 10.0. The van der Waals surface area contributed by atoms with Crippen molar-refractivity contribution < 1.29 is 9.84 Å². The van der Waals surface area contributed by atoms with Crippen LogP contribution in [0.15, 0.2) is 33.9 Å². The lowest BCUT2D eigenvalue weighted by molar-refractivity contribution is 0.213. The first-order valence-corrected chi connectivity index (χ1v) is 12.1. The third-order valence-corrected chi connectivity index (χ3v) is 6.72. The lowest BCUT2D eigenvalue weighted by Crippen LogP contribution is -2.41. The van der Waals surface area contributed by atoms with Crippen molar-refractivity contribution in [1.29, 1.82) is 0 Å². The third kappa shape index (κ3) is 4.36. The fourth-order valence-electron chi connectivity index (χ4n) is 4.87. The number of imidazole rings is 1. The van der Waals surface area contributed by atoms with E-state index in [4.69, 9.17) is 9.72 Å². The molecule has 3 aromatic rings. The number of anilines is 1. The predicted molar refractivity (Wildman–Crippen MR) is 133 cm³/mol. The van der Waals surface area contributed by atoms with Crippen molar-refractivity contribution in [2.75, 3.05) is 19.0 Å². The highest BCUT2D eigenvalue weighted by Gasteiger charge is 2.35. The average Bonchev–Trinajstić information content (AvgIpc) is 3.43. The molecule has 0 atom stereocenters. The minimum Gasteiger partial charge on any atom is -0.497 e. The van der Waals surface area contributed by atoms with Gasteiger partial charge in [0.05, 0.1) is 25.8 Å². The van der Waals surface area contributed by atoms with Crippen LogP contribution in [0.1, 0.15) is 52.0 Å². The maximum atomic E-state index is 13.5. The second kappa shape index (κ2) is 9.66. The highest BCUT2D eigenvalue weighted by Crippen LogP contribution is 2.33. The smallest absolute Gasteiger partial charge is 0.332 e. The number of aliphatic hydroxyl groups excluding tert-OH is 1. The first-order chi connectivity index (χ1) is 16.3. The summed E-state index contributed by atoms with van der Waals surface area (Å²) in [4.78, 5) is 31.5. The Bertz CT molecular complexity index is 1260. The first kappa shape index (κ1) is 24.1. The van der Waals surface area contributed by atoms with E-state index >= 15 is 0 Å². The molecule has 0 saturated heterocycles. The Balaban J connectivity index is 1.95. The number of aromatic nitrogens is 4. The molecule has 1 aromatic carbocycles. The monoisotopic (exact) mass is 469 g/mol. The summed E-state index contributed by atoms with van der Waals surface area (Å²) in [5.74, 6) is 1.46. The molecule has 1 fully saturated rings. The van der Waals surface area contributed by atoms with Crippen LogP contribution in [0.3, 0.4) is 0 Å². The van der Waals surface area contributed by atoms with Crippen molar-refractivity contribution in [2.24, 2.45) is 5.92 Å². The number of fused-ring (bicyclic) bond motifs is 1. The zero-order valence-electron chi connectivity index (χ0n) is 20.5. The number of hydrogen-bond acceptors (Lipinski definition) is 6. The zero-order valence-corrected chi connectivity index (χ0v) is 20.5. The van der Waals surface area contributed by atoms with Gasteiger partial charge in [-0.15, -0.1) is 0 Å². The normalized spacial score (nSPS) is 15.4. The Labute approximate surface area is 199 Å². The molecule has 1 aliphatic rings. The predicted octanol–water partition coefficient (Wildman–Crippen LogP) is 2.81. The van der Waals surface area contributed by atoms with Crippen LogP contribution < -0.4 is 21.3 Å². The summed E-state index contributed by atoms with van der Waals surface area (Å²) in [7, 11) is 1.62. The summed E-state index contributed by atoms with van der Waals surface area (Å²) >= 11 is 0. The maximum absolute atomic E-state index is 13.5. The first-order valence-electron chi connectivity index (χ1n) is 12.1. The van der Waals surface area contributed by atoms with E-state index in [0.717, 1.165) is 37.0 Å². The van der Waals surface area contributed by atoms with Crippen LogP contribution in [0.2, 0.25) is 0 Å². The van der Waals surface area contributed by atoms with E-state index in [1.165, 1.54) is 4.57 Å². The van der Waals surface area contributed by atoms with Crippen LogP contribution in [0.25, 0.3) is 11.2 Å². The van der Waals surface area contributed by atoms with Crippen molar-refractivity contribution in [2.45, 2.75) is 71.6 Å². The van der Waals surface area contributed by atoms with Crippen LogP contribution >= 0.6 is 0 Å². The van der Waals surface area contributed by atoms with E-state index in [2.05, 4.69) is 5.32 Å². The maximum Gasteiger partial charge on any atom is 0.332 e.